The highest BCUT2D eigenvalue weighted by Gasteiger charge is 2.08. The summed E-state index contributed by atoms with van der Waals surface area (Å²) in [7, 11) is 0. The van der Waals surface area contributed by atoms with Crippen LogP contribution in [0.15, 0.2) is 30.5 Å². The Morgan fingerprint density at radius 3 is 2.94 bits per heavy atom. The normalized spacial score (nSPS) is 10.9. The van der Waals surface area contributed by atoms with Gasteiger partial charge in [-0.3, -0.25) is 4.79 Å². The third-order valence-corrected chi connectivity index (χ3v) is 3.52. The van der Waals surface area contributed by atoms with E-state index in [-0.39, 0.29) is 0 Å². The Bertz CT molecular complexity index is 704. The van der Waals surface area contributed by atoms with Crippen molar-refractivity contribution in [1.29, 1.82) is 0 Å². The lowest BCUT2D eigenvalue weighted by molar-refractivity contribution is 0.112. The molecule has 17 heavy (non-hydrogen) atoms. The number of carbonyl (C=O) groups is 1. The summed E-state index contributed by atoms with van der Waals surface area (Å²) in [5.74, 6) is 0.616. The fourth-order valence-electron chi connectivity index (χ4n) is 1.51. The van der Waals surface area contributed by atoms with Crippen molar-refractivity contribution < 1.29 is 4.79 Å². The summed E-state index contributed by atoms with van der Waals surface area (Å²) in [5.41, 5.74) is 1.23. The molecular weight excluding hydrogens is 258 g/mol. The van der Waals surface area contributed by atoms with Gasteiger partial charge in [-0.05, 0) is 24.3 Å². The highest BCUT2D eigenvalue weighted by atomic mass is 35.5. The zero-order valence-corrected chi connectivity index (χ0v) is 10.1. The van der Waals surface area contributed by atoms with Crippen molar-refractivity contribution in [2.75, 3.05) is 0 Å². The molecule has 0 fully saturated rings. The van der Waals surface area contributed by atoms with E-state index in [1.807, 2.05) is 12.1 Å². The zero-order valence-electron chi connectivity index (χ0n) is 8.50. The molecule has 0 aliphatic carbocycles. The van der Waals surface area contributed by atoms with E-state index >= 15 is 0 Å². The number of thiophene rings is 1. The first-order valence-corrected chi connectivity index (χ1v) is 6.03. The number of aromatic nitrogens is 3. The molecule has 4 nitrogen and oxygen atoms in total. The minimum atomic E-state index is 0.584. The van der Waals surface area contributed by atoms with Crippen LogP contribution in [0.4, 0.5) is 0 Å². The Balaban J connectivity index is 2.16. The molecular formula is C11H6ClN3OS. The van der Waals surface area contributed by atoms with Crippen LogP contribution in [0, 0.1) is 0 Å². The molecule has 0 bridgehead atoms. The van der Waals surface area contributed by atoms with E-state index in [0.717, 1.165) is 11.2 Å². The molecule has 0 N–H and O–H groups in total. The predicted molar refractivity (Wildman–Crippen MR) is 66.7 cm³/mol. The largest absolute Gasteiger partial charge is 0.298 e. The van der Waals surface area contributed by atoms with Crippen molar-refractivity contribution in [3.63, 3.8) is 0 Å². The maximum absolute atomic E-state index is 10.7. The van der Waals surface area contributed by atoms with Gasteiger partial charge in [-0.2, -0.15) is 0 Å². The van der Waals surface area contributed by atoms with Crippen LogP contribution in [-0.4, -0.2) is 20.9 Å². The average molecular weight is 264 g/mol. The molecule has 3 heterocycles. The molecule has 0 aliphatic rings. The molecule has 3 aromatic heterocycles. The van der Waals surface area contributed by atoms with E-state index in [1.165, 1.54) is 11.3 Å². The standard InChI is InChI=1S/C11H6ClN3OS/c12-9-2-1-8(17-9)11-13-10-5-7(6-16)3-4-15(10)14-11/h1-6H. The second-order valence-electron chi connectivity index (χ2n) is 3.42. The van der Waals surface area contributed by atoms with Gasteiger partial charge in [0.2, 0.25) is 0 Å². The average Bonchev–Trinajstić information content (AvgIpc) is 2.93. The first-order valence-electron chi connectivity index (χ1n) is 4.83. The molecule has 0 aliphatic heterocycles. The summed E-state index contributed by atoms with van der Waals surface area (Å²) in [6.45, 7) is 0. The van der Waals surface area contributed by atoms with Gasteiger partial charge in [0.1, 0.15) is 6.29 Å². The van der Waals surface area contributed by atoms with Crippen LogP contribution in [0.25, 0.3) is 16.3 Å². The number of hydrogen-bond acceptors (Lipinski definition) is 4. The van der Waals surface area contributed by atoms with Crippen molar-refractivity contribution in [2.45, 2.75) is 0 Å². The fraction of sp³-hybridized carbons (Fsp3) is 0. The molecule has 84 valence electrons. The van der Waals surface area contributed by atoms with E-state index in [4.69, 9.17) is 11.6 Å². The van der Waals surface area contributed by atoms with Gasteiger partial charge in [-0.15, -0.1) is 16.4 Å². The van der Waals surface area contributed by atoms with Crippen LogP contribution in [0.5, 0.6) is 0 Å². The maximum atomic E-state index is 10.7. The van der Waals surface area contributed by atoms with Gasteiger partial charge in [0.25, 0.3) is 0 Å². The van der Waals surface area contributed by atoms with Crippen LogP contribution < -0.4 is 0 Å². The maximum Gasteiger partial charge on any atom is 0.192 e. The van der Waals surface area contributed by atoms with Crippen LogP contribution in [-0.2, 0) is 0 Å². The first kappa shape index (κ1) is 10.4. The SMILES string of the molecule is O=Cc1ccn2nc(-c3ccc(Cl)s3)nc2c1. The molecule has 0 radical (unpaired) electrons. The van der Waals surface area contributed by atoms with E-state index in [9.17, 15) is 4.79 Å². The fourth-order valence-corrected chi connectivity index (χ4v) is 2.48. The molecule has 0 amide bonds. The van der Waals surface area contributed by atoms with Crippen molar-refractivity contribution in [1.82, 2.24) is 14.6 Å². The Hall–Kier alpha value is -1.72. The number of halogens is 1. The topological polar surface area (TPSA) is 47.3 Å². The number of rotatable bonds is 2. The molecule has 0 aromatic carbocycles. The summed E-state index contributed by atoms with van der Waals surface area (Å²) in [6, 6.07) is 7.07. The molecule has 0 unspecified atom stereocenters. The molecule has 0 spiro atoms. The Labute approximate surface area is 105 Å². The van der Waals surface area contributed by atoms with Gasteiger partial charge in [0.15, 0.2) is 11.5 Å². The van der Waals surface area contributed by atoms with Gasteiger partial charge in [-0.25, -0.2) is 9.50 Å². The van der Waals surface area contributed by atoms with Gasteiger partial charge < -0.3 is 0 Å². The number of nitrogens with zero attached hydrogens (tertiary/aromatic N) is 3. The Morgan fingerprint density at radius 2 is 2.24 bits per heavy atom. The quantitative estimate of drug-likeness (QED) is 0.668. The number of pyridine rings is 1. The molecule has 0 saturated carbocycles. The van der Waals surface area contributed by atoms with E-state index < -0.39 is 0 Å². The van der Waals surface area contributed by atoms with Gasteiger partial charge in [-0.1, -0.05) is 11.6 Å². The second-order valence-corrected chi connectivity index (χ2v) is 5.13. The second kappa shape index (κ2) is 3.94. The summed E-state index contributed by atoms with van der Waals surface area (Å²) >= 11 is 7.29. The van der Waals surface area contributed by atoms with Crippen molar-refractivity contribution in [3.05, 3.63) is 40.4 Å². The number of aldehydes is 1. The number of fused-ring (bicyclic) bond motifs is 1. The van der Waals surface area contributed by atoms with Gasteiger partial charge in [0.05, 0.1) is 9.21 Å². The van der Waals surface area contributed by atoms with Crippen LogP contribution >= 0.6 is 22.9 Å². The van der Waals surface area contributed by atoms with Crippen LogP contribution in [0.1, 0.15) is 10.4 Å². The van der Waals surface area contributed by atoms with Crippen molar-refractivity contribution >= 4 is 34.9 Å². The monoisotopic (exact) mass is 263 g/mol. The van der Waals surface area contributed by atoms with Gasteiger partial charge in [0, 0.05) is 11.8 Å². The van der Waals surface area contributed by atoms with Gasteiger partial charge >= 0.3 is 0 Å². The first-order chi connectivity index (χ1) is 8.26. The molecule has 0 atom stereocenters. The van der Waals surface area contributed by atoms with Crippen molar-refractivity contribution in [2.24, 2.45) is 0 Å². The lowest BCUT2D eigenvalue weighted by Gasteiger charge is -1.90. The molecule has 6 heteroatoms. The lowest BCUT2D eigenvalue weighted by atomic mass is 10.3. The third kappa shape index (κ3) is 1.83. The molecule has 3 rings (SSSR count). The third-order valence-electron chi connectivity index (χ3n) is 2.29. The summed E-state index contributed by atoms with van der Waals surface area (Å²) in [5, 5.41) is 4.31. The highest BCUT2D eigenvalue weighted by Crippen LogP contribution is 2.28. The lowest BCUT2D eigenvalue weighted by Crippen LogP contribution is -1.88. The predicted octanol–water partition coefficient (Wildman–Crippen LogP) is 2.92. The highest BCUT2D eigenvalue weighted by molar-refractivity contribution is 7.19. The van der Waals surface area contributed by atoms with E-state index in [2.05, 4.69) is 10.1 Å². The van der Waals surface area contributed by atoms with Crippen molar-refractivity contribution in [3.8, 4) is 10.7 Å². The summed E-state index contributed by atoms with van der Waals surface area (Å²) < 4.78 is 2.34. The van der Waals surface area contributed by atoms with E-state index in [1.54, 1.807) is 22.8 Å². The van der Waals surface area contributed by atoms with Crippen LogP contribution in [0.3, 0.4) is 0 Å². The van der Waals surface area contributed by atoms with Crippen LogP contribution in [0.2, 0.25) is 4.34 Å². The van der Waals surface area contributed by atoms with E-state index in [0.29, 0.717) is 21.4 Å². The Kier molecular flexibility index (Phi) is 2.42. The summed E-state index contributed by atoms with van der Waals surface area (Å²) in [4.78, 5) is 15.9. The smallest absolute Gasteiger partial charge is 0.192 e. The minimum Gasteiger partial charge on any atom is -0.298 e. The zero-order chi connectivity index (χ0) is 11.8. The number of carbonyl (C=O) groups excluding carboxylic acids is 1. The minimum absolute atomic E-state index is 0.584. The Morgan fingerprint density at radius 1 is 1.35 bits per heavy atom. The summed E-state index contributed by atoms with van der Waals surface area (Å²) in [6.07, 6.45) is 2.50. The number of hydrogen-bond donors (Lipinski definition) is 0. The molecule has 0 saturated heterocycles. The molecule has 3 aromatic rings.